The highest BCUT2D eigenvalue weighted by Crippen LogP contribution is 2.19. The summed E-state index contributed by atoms with van der Waals surface area (Å²) >= 11 is 4.90. The smallest absolute Gasteiger partial charge is 0.280 e. The van der Waals surface area contributed by atoms with E-state index < -0.39 is 10.0 Å². The van der Waals surface area contributed by atoms with Crippen molar-refractivity contribution in [2.75, 3.05) is 4.72 Å². The van der Waals surface area contributed by atoms with E-state index in [1.165, 1.54) is 12.5 Å². The highest BCUT2D eigenvalue weighted by Gasteiger charge is 2.19. The summed E-state index contributed by atoms with van der Waals surface area (Å²) in [5.41, 5.74) is 6.39. The zero-order valence-corrected chi connectivity index (χ0v) is 12.4. The number of aromatic nitrogens is 2. The predicted molar refractivity (Wildman–Crippen MR) is 81.0 cm³/mol. The van der Waals surface area contributed by atoms with E-state index in [9.17, 15) is 8.42 Å². The maximum absolute atomic E-state index is 12.2. The van der Waals surface area contributed by atoms with Crippen LogP contribution in [-0.4, -0.2) is 23.0 Å². The number of hydrogen-bond donors (Lipinski definition) is 2. The molecular formula is C12H14N4O2S2. The zero-order valence-electron chi connectivity index (χ0n) is 10.8. The van der Waals surface area contributed by atoms with Gasteiger partial charge in [0.05, 0.1) is 12.0 Å². The SMILES string of the molecule is CCn1cnc(S(=O)(=O)Nc2ccccc2C(N)=S)c1. The van der Waals surface area contributed by atoms with E-state index in [1.807, 2.05) is 6.92 Å². The van der Waals surface area contributed by atoms with Gasteiger partial charge >= 0.3 is 0 Å². The Kier molecular flexibility index (Phi) is 4.05. The molecule has 0 radical (unpaired) electrons. The monoisotopic (exact) mass is 310 g/mol. The first-order valence-electron chi connectivity index (χ1n) is 5.87. The molecule has 0 amide bonds. The maximum Gasteiger partial charge on any atom is 0.280 e. The van der Waals surface area contributed by atoms with Crippen molar-refractivity contribution in [1.29, 1.82) is 0 Å². The van der Waals surface area contributed by atoms with Crippen LogP contribution in [0.15, 0.2) is 41.8 Å². The van der Waals surface area contributed by atoms with Crippen LogP contribution in [0.5, 0.6) is 0 Å². The first-order chi connectivity index (χ1) is 9.44. The predicted octanol–water partition coefficient (Wildman–Crippen LogP) is 1.34. The first kappa shape index (κ1) is 14.5. The van der Waals surface area contributed by atoms with Gasteiger partial charge in [-0.25, -0.2) is 4.98 Å². The van der Waals surface area contributed by atoms with Gasteiger partial charge in [-0.1, -0.05) is 24.4 Å². The zero-order chi connectivity index (χ0) is 14.8. The number of nitrogens with one attached hydrogen (secondary N) is 1. The molecule has 0 aliphatic carbocycles. The van der Waals surface area contributed by atoms with Gasteiger partial charge in [-0.2, -0.15) is 8.42 Å². The molecule has 0 saturated carbocycles. The Morgan fingerprint density at radius 3 is 2.75 bits per heavy atom. The summed E-state index contributed by atoms with van der Waals surface area (Å²) in [5.74, 6) is 0. The molecule has 1 aromatic carbocycles. The van der Waals surface area contributed by atoms with Gasteiger partial charge in [0.15, 0.2) is 5.03 Å². The average molecular weight is 310 g/mol. The standard InChI is InChI=1S/C12H14N4O2S2/c1-2-16-7-11(14-8-16)20(17,18)15-10-6-4-3-5-9(10)12(13)19/h3-8,15H,2H2,1H3,(H2,13,19). The van der Waals surface area contributed by atoms with E-state index in [0.717, 1.165) is 0 Å². The summed E-state index contributed by atoms with van der Waals surface area (Å²) in [7, 11) is -3.76. The minimum Gasteiger partial charge on any atom is -0.389 e. The number of para-hydroxylation sites is 1. The molecule has 3 N–H and O–H groups in total. The fourth-order valence-electron chi connectivity index (χ4n) is 1.64. The lowest BCUT2D eigenvalue weighted by molar-refractivity contribution is 0.598. The van der Waals surface area contributed by atoms with Crippen molar-refractivity contribution in [2.24, 2.45) is 5.73 Å². The Balaban J connectivity index is 2.36. The fraction of sp³-hybridized carbons (Fsp3) is 0.167. The van der Waals surface area contributed by atoms with Crippen molar-refractivity contribution in [3.63, 3.8) is 0 Å². The van der Waals surface area contributed by atoms with Gasteiger partial charge in [0.1, 0.15) is 4.99 Å². The molecule has 0 unspecified atom stereocenters. The highest BCUT2D eigenvalue weighted by molar-refractivity contribution is 7.92. The van der Waals surface area contributed by atoms with E-state index in [0.29, 0.717) is 17.8 Å². The molecule has 0 fully saturated rings. The number of imidazole rings is 1. The number of thiocarbonyl (C=S) groups is 1. The van der Waals surface area contributed by atoms with E-state index in [2.05, 4.69) is 9.71 Å². The molecule has 106 valence electrons. The molecule has 1 aromatic heterocycles. The molecule has 1 heterocycles. The second-order valence-electron chi connectivity index (χ2n) is 4.06. The van der Waals surface area contributed by atoms with Gasteiger partial charge in [-0.3, -0.25) is 4.72 Å². The molecular weight excluding hydrogens is 296 g/mol. The minimum absolute atomic E-state index is 0.0444. The number of rotatable bonds is 5. The van der Waals surface area contributed by atoms with Crippen molar-refractivity contribution in [3.8, 4) is 0 Å². The highest BCUT2D eigenvalue weighted by atomic mass is 32.2. The van der Waals surface area contributed by atoms with Gasteiger partial charge in [-0.05, 0) is 19.1 Å². The summed E-state index contributed by atoms with van der Waals surface area (Å²) in [4.78, 5) is 4.01. The normalized spacial score (nSPS) is 11.2. The lowest BCUT2D eigenvalue weighted by Crippen LogP contribution is -2.18. The van der Waals surface area contributed by atoms with Crippen LogP contribution in [0.1, 0.15) is 12.5 Å². The Morgan fingerprint density at radius 2 is 2.15 bits per heavy atom. The number of aryl methyl sites for hydroxylation is 1. The molecule has 2 rings (SSSR count). The number of anilines is 1. The summed E-state index contributed by atoms with van der Waals surface area (Å²) < 4.78 is 28.6. The third-order valence-electron chi connectivity index (χ3n) is 2.69. The van der Waals surface area contributed by atoms with Crippen LogP contribution in [0.2, 0.25) is 0 Å². The van der Waals surface area contributed by atoms with Crippen LogP contribution in [0.25, 0.3) is 0 Å². The van der Waals surface area contributed by atoms with Crippen molar-refractivity contribution in [2.45, 2.75) is 18.5 Å². The summed E-state index contributed by atoms with van der Waals surface area (Å²) in [6, 6.07) is 6.69. The third kappa shape index (κ3) is 2.97. The lowest BCUT2D eigenvalue weighted by Gasteiger charge is -2.10. The van der Waals surface area contributed by atoms with Gasteiger partial charge in [-0.15, -0.1) is 0 Å². The second kappa shape index (κ2) is 5.59. The quantitative estimate of drug-likeness (QED) is 0.813. The summed E-state index contributed by atoms with van der Waals surface area (Å²) in [6.45, 7) is 2.54. The fourth-order valence-corrected chi connectivity index (χ4v) is 2.85. The van der Waals surface area contributed by atoms with Gasteiger partial charge in [0.25, 0.3) is 10.0 Å². The van der Waals surface area contributed by atoms with Gasteiger partial charge < -0.3 is 10.3 Å². The molecule has 0 atom stereocenters. The number of sulfonamides is 1. The first-order valence-corrected chi connectivity index (χ1v) is 7.76. The van der Waals surface area contributed by atoms with E-state index in [1.54, 1.807) is 28.8 Å². The minimum atomic E-state index is -3.76. The van der Waals surface area contributed by atoms with Crippen molar-refractivity contribution >= 4 is 32.9 Å². The topological polar surface area (TPSA) is 90.0 Å². The molecule has 0 aliphatic heterocycles. The van der Waals surface area contributed by atoms with Crippen LogP contribution < -0.4 is 10.5 Å². The maximum atomic E-state index is 12.2. The molecule has 2 aromatic rings. The van der Waals surface area contributed by atoms with Gasteiger partial charge in [0, 0.05) is 18.3 Å². The van der Waals surface area contributed by atoms with Crippen molar-refractivity contribution in [1.82, 2.24) is 9.55 Å². The van der Waals surface area contributed by atoms with Crippen molar-refractivity contribution < 1.29 is 8.42 Å². The van der Waals surface area contributed by atoms with Gasteiger partial charge in [0.2, 0.25) is 0 Å². The number of nitrogens with two attached hydrogens (primary N) is 1. The Hall–Kier alpha value is -1.93. The van der Waals surface area contributed by atoms with E-state index in [-0.39, 0.29) is 10.0 Å². The molecule has 0 bridgehead atoms. The van der Waals surface area contributed by atoms with Crippen molar-refractivity contribution in [3.05, 3.63) is 42.4 Å². The van der Waals surface area contributed by atoms with E-state index in [4.69, 9.17) is 18.0 Å². The van der Waals surface area contributed by atoms with Crippen LogP contribution >= 0.6 is 12.2 Å². The Bertz CT molecular complexity index is 737. The Labute approximate surface area is 122 Å². The number of nitrogens with zero attached hydrogens (tertiary/aromatic N) is 2. The van der Waals surface area contributed by atoms with Crippen LogP contribution in [0.4, 0.5) is 5.69 Å². The largest absolute Gasteiger partial charge is 0.389 e. The molecule has 20 heavy (non-hydrogen) atoms. The third-order valence-corrected chi connectivity index (χ3v) is 4.16. The summed E-state index contributed by atoms with van der Waals surface area (Å²) in [5, 5.41) is -0.0444. The lowest BCUT2D eigenvalue weighted by atomic mass is 10.2. The van der Waals surface area contributed by atoms with Crippen LogP contribution in [-0.2, 0) is 16.6 Å². The Morgan fingerprint density at radius 1 is 1.45 bits per heavy atom. The molecule has 6 nitrogen and oxygen atoms in total. The second-order valence-corrected chi connectivity index (χ2v) is 6.13. The molecule has 8 heteroatoms. The van der Waals surface area contributed by atoms with Crippen LogP contribution in [0, 0.1) is 0 Å². The molecule has 0 spiro atoms. The average Bonchev–Trinajstić information content (AvgIpc) is 2.88. The molecule has 0 aliphatic rings. The van der Waals surface area contributed by atoms with E-state index >= 15 is 0 Å². The summed E-state index contributed by atoms with van der Waals surface area (Å²) in [6.07, 6.45) is 2.93. The van der Waals surface area contributed by atoms with Crippen LogP contribution in [0.3, 0.4) is 0 Å². The number of hydrogen-bond acceptors (Lipinski definition) is 4. The molecule has 0 saturated heterocycles. The number of benzene rings is 1.